The average molecular weight is 379 g/mol. The molecule has 3 N–H and O–H groups in total. The number of amides is 2. The largest absolute Gasteiger partial charge is 0.365 e. The molecule has 2 rings (SSSR count). The number of nitrogens with one attached hydrogen (secondary N) is 1. The molecule has 0 saturated heterocycles. The number of hydrogen-bond donors (Lipinski definition) is 2. The summed E-state index contributed by atoms with van der Waals surface area (Å²) in [6.07, 6.45) is 3.14. The van der Waals surface area contributed by atoms with Crippen LogP contribution in [0.3, 0.4) is 0 Å². The molecular formula is C16H15BrN2O2S. The number of nitrogens with two attached hydrogens (primary N) is 1. The zero-order valence-corrected chi connectivity index (χ0v) is 14.5. The first-order valence-electron chi connectivity index (χ1n) is 6.53. The summed E-state index contributed by atoms with van der Waals surface area (Å²) < 4.78 is 0.977. The first kappa shape index (κ1) is 16.5. The van der Waals surface area contributed by atoms with Gasteiger partial charge in [0.15, 0.2) is 0 Å². The molecule has 114 valence electrons. The Balaban J connectivity index is 2.14. The highest BCUT2D eigenvalue weighted by atomic mass is 79.9. The van der Waals surface area contributed by atoms with Crippen molar-refractivity contribution in [3.05, 3.63) is 56.4 Å². The van der Waals surface area contributed by atoms with Crippen molar-refractivity contribution in [1.82, 2.24) is 0 Å². The van der Waals surface area contributed by atoms with Crippen LogP contribution in [-0.4, -0.2) is 11.8 Å². The summed E-state index contributed by atoms with van der Waals surface area (Å²) in [5.74, 6) is -0.833. The maximum absolute atomic E-state index is 12.0. The summed E-state index contributed by atoms with van der Waals surface area (Å²) in [5.41, 5.74) is 7.48. The van der Waals surface area contributed by atoms with E-state index in [-0.39, 0.29) is 5.91 Å². The second-order valence-electron chi connectivity index (χ2n) is 4.73. The molecule has 1 heterocycles. The van der Waals surface area contributed by atoms with Gasteiger partial charge in [-0.2, -0.15) is 0 Å². The summed E-state index contributed by atoms with van der Waals surface area (Å²) in [6, 6.07) is 7.58. The van der Waals surface area contributed by atoms with Crippen molar-refractivity contribution in [2.24, 2.45) is 5.73 Å². The quantitative estimate of drug-likeness (QED) is 0.792. The number of carbonyl (C=O) groups is 2. The number of rotatable bonds is 4. The summed E-state index contributed by atoms with van der Waals surface area (Å²) in [7, 11) is 0. The molecule has 0 aliphatic carbocycles. The predicted octanol–water partition coefficient (Wildman–Crippen LogP) is 3.88. The van der Waals surface area contributed by atoms with Crippen LogP contribution in [0.1, 0.15) is 26.4 Å². The van der Waals surface area contributed by atoms with E-state index in [2.05, 4.69) is 21.2 Å². The Hall–Kier alpha value is -1.92. The fraction of sp³-hybridized carbons (Fsp3) is 0.125. The van der Waals surface area contributed by atoms with E-state index in [0.29, 0.717) is 10.6 Å². The Morgan fingerprint density at radius 3 is 2.45 bits per heavy atom. The molecule has 0 radical (unpaired) electrons. The van der Waals surface area contributed by atoms with Crippen LogP contribution in [0.15, 0.2) is 34.8 Å². The minimum absolute atomic E-state index is 0.299. The van der Waals surface area contributed by atoms with Gasteiger partial charge in [-0.1, -0.05) is 28.1 Å². The van der Waals surface area contributed by atoms with Crippen molar-refractivity contribution in [3.8, 4) is 0 Å². The Labute approximate surface area is 141 Å². The average Bonchev–Trinajstić information content (AvgIpc) is 2.73. The maximum Gasteiger partial charge on any atom is 0.251 e. The number of primary amides is 1. The molecule has 2 amide bonds. The lowest BCUT2D eigenvalue weighted by Crippen LogP contribution is -2.16. The molecule has 0 bridgehead atoms. The second kappa shape index (κ2) is 6.89. The number of thiophene rings is 1. The van der Waals surface area contributed by atoms with E-state index in [0.717, 1.165) is 20.5 Å². The van der Waals surface area contributed by atoms with Crippen molar-refractivity contribution in [2.75, 3.05) is 5.32 Å². The number of halogens is 1. The molecule has 1 aromatic carbocycles. The molecule has 4 nitrogen and oxygen atoms in total. The number of aryl methyl sites for hydroxylation is 1. The smallest absolute Gasteiger partial charge is 0.251 e. The Bertz CT molecular complexity index is 748. The van der Waals surface area contributed by atoms with Gasteiger partial charge in [-0.25, -0.2) is 0 Å². The molecule has 0 saturated carbocycles. The predicted molar refractivity (Wildman–Crippen MR) is 94.1 cm³/mol. The number of hydrogen-bond acceptors (Lipinski definition) is 3. The third-order valence-corrected chi connectivity index (χ3v) is 4.82. The van der Waals surface area contributed by atoms with E-state index >= 15 is 0 Å². The lowest BCUT2D eigenvalue weighted by atomic mass is 10.1. The van der Waals surface area contributed by atoms with Crippen molar-refractivity contribution < 1.29 is 9.59 Å². The van der Waals surface area contributed by atoms with Crippen LogP contribution in [-0.2, 0) is 4.79 Å². The molecule has 0 aliphatic rings. The maximum atomic E-state index is 12.0. The van der Waals surface area contributed by atoms with Gasteiger partial charge >= 0.3 is 0 Å². The van der Waals surface area contributed by atoms with Crippen LogP contribution in [0.5, 0.6) is 0 Å². The van der Waals surface area contributed by atoms with Crippen molar-refractivity contribution >= 4 is 50.2 Å². The van der Waals surface area contributed by atoms with Crippen molar-refractivity contribution in [2.45, 2.75) is 13.8 Å². The minimum atomic E-state index is -0.533. The highest BCUT2D eigenvalue weighted by Gasteiger charge is 2.18. The highest BCUT2D eigenvalue weighted by molar-refractivity contribution is 9.10. The van der Waals surface area contributed by atoms with E-state index in [1.165, 1.54) is 17.4 Å². The van der Waals surface area contributed by atoms with Gasteiger partial charge in [0.25, 0.3) is 5.91 Å². The first-order valence-corrected chi connectivity index (χ1v) is 8.14. The van der Waals surface area contributed by atoms with E-state index < -0.39 is 5.91 Å². The van der Waals surface area contributed by atoms with Gasteiger partial charge in [0, 0.05) is 15.4 Å². The van der Waals surface area contributed by atoms with E-state index in [4.69, 9.17) is 5.73 Å². The Morgan fingerprint density at radius 2 is 1.86 bits per heavy atom. The minimum Gasteiger partial charge on any atom is -0.365 e. The molecule has 1 aromatic heterocycles. The zero-order chi connectivity index (χ0) is 16.3. The molecule has 22 heavy (non-hydrogen) atoms. The van der Waals surface area contributed by atoms with Gasteiger partial charge in [-0.05, 0) is 43.2 Å². The number of benzene rings is 1. The number of anilines is 1. The van der Waals surface area contributed by atoms with Crippen LogP contribution in [0.25, 0.3) is 6.08 Å². The van der Waals surface area contributed by atoms with E-state index in [9.17, 15) is 9.59 Å². The van der Waals surface area contributed by atoms with Gasteiger partial charge < -0.3 is 11.1 Å². The normalized spacial score (nSPS) is 10.9. The number of carbonyl (C=O) groups excluding carboxylic acids is 2. The molecular weight excluding hydrogens is 364 g/mol. The molecule has 0 atom stereocenters. The standard InChI is InChI=1S/C16H15BrN2O2S/c1-9-10(2)22-16(14(9)15(18)21)19-13(20)8-5-11-3-6-12(17)7-4-11/h3-8H,1-2H3,(H2,18,21)(H,19,20)/b8-5+. The molecule has 0 spiro atoms. The van der Waals surface area contributed by atoms with Crippen LogP contribution in [0.4, 0.5) is 5.00 Å². The Kier molecular flexibility index (Phi) is 5.15. The molecule has 0 unspecified atom stereocenters. The fourth-order valence-corrected chi connectivity index (χ4v) is 3.24. The molecule has 2 aromatic rings. The van der Waals surface area contributed by atoms with E-state index in [1.807, 2.05) is 38.1 Å². The SMILES string of the molecule is Cc1sc(NC(=O)/C=C/c2ccc(Br)cc2)c(C(N)=O)c1C. The van der Waals surface area contributed by atoms with Gasteiger partial charge in [0.1, 0.15) is 5.00 Å². The summed E-state index contributed by atoms with van der Waals surface area (Å²) in [5, 5.41) is 3.21. The summed E-state index contributed by atoms with van der Waals surface area (Å²) in [6.45, 7) is 3.71. The van der Waals surface area contributed by atoms with Crippen molar-refractivity contribution in [1.29, 1.82) is 0 Å². The fourth-order valence-electron chi connectivity index (χ4n) is 1.91. The molecule has 0 aliphatic heterocycles. The van der Waals surface area contributed by atoms with Gasteiger partial charge in [0.2, 0.25) is 5.91 Å². The van der Waals surface area contributed by atoms with Gasteiger partial charge in [0.05, 0.1) is 5.56 Å². The van der Waals surface area contributed by atoms with Crippen LogP contribution in [0.2, 0.25) is 0 Å². The lowest BCUT2D eigenvalue weighted by Gasteiger charge is -2.02. The Morgan fingerprint density at radius 1 is 1.23 bits per heavy atom. The van der Waals surface area contributed by atoms with E-state index in [1.54, 1.807) is 6.08 Å². The van der Waals surface area contributed by atoms with Crippen molar-refractivity contribution in [3.63, 3.8) is 0 Å². The monoisotopic (exact) mass is 378 g/mol. The third-order valence-electron chi connectivity index (χ3n) is 3.17. The zero-order valence-electron chi connectivity index (χ0n) is 12.1. The first-order chi connectivity index (χ1) is 10.4. The van der Waals surface area contributed by atoms with Gasteiger partial charge in [-0.3, -0.25) is 9.59 Å². The second-order valence-corrected chi connectivity index (χ2v) is 6.87. The lowest BCUT2D eigenvalue weighted by molar-refractivity contribution is -0.111. The van der Waals surface area contributed by atoms with Crippen LogP contribution >= 0.6 is 27.3 Å². The van der Waals surface area contributed by atoms with Gasteiger partial charge in [-0.15, -0.1) is 11.3 Å². The highest BCUT2D eigenvalue weighted by Crippen LogP contribution is 2.32. The molecule has 0 fully saturated rings. The van der Waals surface area contributed by atoms with Crippen LogP contribution < -0.4 is 11.1 Å². The summed E-state index contributed by atoms with van der Waals surface area (Å²) in [4.78, 5) is 24.5. The topological polar surface area (TPSA) is 72.2 Å². The third kappa shape index (κ3) is 3.84. The van der Waals surface area contributed by atoms with Crippen LogP contribution in [0, 0.1) is 13.8 Å². The molecule has 6 heteroatoms. The summed E-state index contributed by atoms with van der Waals surface area (Å²) >= 11 is 4.70.